The highest BCUT2D eigenvalue weighted by atomic mass is 32.2. The molecule has 1 fully saturated rings. The lowest BCUT2D eigenvalue weighted by atomic mass is 10.1. The topological polar surface area (TPSA) is 61.4 Å². The van der Waals surface area contributed by atoms with Crippen LogP contribution in [0, 0.1) is 0 Å². The second-order valence-corrected chi connectivity index (χ2v) is 3.48. The summed E-state index contributed by atoms with van der Waals surface area (Å²) in [7, 11) is 0. The molecular weight excluding hydrogens is 164 g/mol. The third-order valence-corrected chi connectivity index (χ3v) is 2.38. The van der Waals surface area contributed by atoms with E-state index in [0.717, 1.165) is 32.4 Å². The van der Waals surface area contributed by atoms with E-state index in [9.17, 15) is 4.21 Å². The average Bonchev–Trinajstić information content (AvgIpc) is 2.14. The van der Waals surface area contributed by atoms with Gasteiger partial charge in [-0.25, -0.2) is 8.93 Å². The van der Waals surface area contributed by atoms with E-state index in [1.165, 1.54) is 0 Å². The molecule has 2 unspecified atom stereocenters. The number of nitrogens with one attached hydrogen (secondary N) is 2. The molecule has 1 heterocycles. The quantitative estimate of drug-likeness (QED) is 0.516. The molecule has 4 nitrogen and oxygen atoms in total. The maximum absolute atomic E-state index is 10.4. The normalized spacial score (nSPS) is 29.4. The van der Waals surface area contributed by atoms with Crippen LogP contribution in [0.3, 0.4) is 0 Å². The molecule has 66 valence electrons. The highest BCUT2D eigenvalue weighted by molar-refractivity contribution is 7.77. The summed E-state index contributed by atoms with van der Waals surface area (Å²) in [4.78, 5) is 0. The Hall–Kier alpha value is 0.0300. The van der Waals surface area contributed by atoms with Gasteiger partial charge in [-0.15, -0.1) is 0 Å². The molecule has 0 spiro atoms. The van der Waals surface area contributed by atoms with Crippen molar-refractivity contribution >= 4 is 11.3 Å². The average molecular weight is 178 g/mol. The standard InChI is InChI=1S/C6H14N2O2S/c9-11(10)8-6-2-1-4-7-5-3-6/h6-8H,1-5H2,(H,9,10). The minimum absolute atomic E-state index is 0.204. The molecule has 0 saturated carbocycles. The Morgan fingerprint density at radius 1 is 1.45 bits per heavy atom. The van der Waals surface area contributed by atoms with Gasteiger partial charge in [0, 0.05) is 6.04 Å². The summed E-state index contributed by atoms with van der Waals surface area (Å²) in [5, 5.41) is 3.23. The largest absolute Gasteiger partial charge is 0.317 e. The van der Waals surface area contributed by atoms with Crippen molar-refractivity contribution in [1.29, 1.82) is 0 Å². The zero-order chi connectivity index (χ0) is 8.10. The van der Waals surface area contributed by atoms with Crippen molar-refractivity contribution in [2.24, 2.45) is 0 Å². The minimum Gasteiger partial charge on any atom is -0.317 e. The summed E-state index contributed by atoms with van der Waals surface area (Å²) in [6.07, 6.45) is 3.00. The fourth-order valence-electron chi connectivity index (χ4n) is 1.28. The highest BCUT2D eigenvalue weighted by Crippen LogP contribution is 2.04. The molecule has 2 atom stereocenters. The van der Waals surface area contributed by atoms with Crippen LogP contribution in [0.1, 0.15) is 19.3 Å². The van der Waals surface area contributed by atoms with Crippen molar-refractivity contribution in [2.75, 3.05) is 13.1 Å². The van der Waals surface area contributed by atoms with Gasteiger partial charge < -0.3 is 5.32 Å². The van der Waals surface area contributed by atoms with E-state index in [-0.39, 0.29) is 6.04 Å². The zero-order valence-electron chi connectivity index (χ0n) is 6.38. The Balaban J connectivity index is 2.25. The number of hydrogen-bond donors (Lipinski definition) is 3. The van der Waals surface area contributed by atoms with Crippen LogP contribution >= 0.6 is 0 Å². The molecule has 3 N–H and O–H groups in total. The molecule has 0 bridgehead atoms. The van der Waals surface area contributed by atoms with E-state index in [0.29, 0.717) is 0 Å². The maximum Gasteiger partial charge on any atom is 0.231 e. The van der Waals surface area contributed by atoms with Crippen LogP contribution in [0.5, 0.6) is 0 Å². The van der Waals surface area contributed by atoms with Gasteiger partial charge in [-0.05, 0) is 32.4 Å². The summed E-state index contributed by atoms with van der Waals surface area (Å²) in [6, 6.07) is 0.204. The third-order valence-electron chi connectivity index (χ3n) is 1.84. The molecule has 0 aromatic rings. The van der Waals surface area contributed by atoms with Gasteiger partial charge in [0.1, 0.15) is 0 Å². The lowest BCUT2D eigenvalue weighted by molar-refractivity contribution is 0.499. The molecule has 0 aromatic carbocycles. The van der Waals surface area contributed by atoms with Crippen molar-refractivity contribution in [3.8, 4) is 0 Å². The highest BCUT2D eigenvalue weighted by Gasteiger charge is 2.12. The molecule has 0 aromatic heterocycles. The number of rotatable bonds is 2. The van der Waals surface area contributed by atoms with Crippen LogP contribution in [-0.2, 0) is 11.3 Å². The van der Waals surface area contributed by atoms with E-state index in [1.807, 2.05) is 0 Å². The molecule has 5 heteroatoms. The van der Waals surface area contributed by atoms with Gasteiger partial charge in [0.25, 0.3) is 0 Å². The van der Waals surface area contributed by atoms with Gasteiger partial charge in [0.05, 0.1) is 0 Å². The summed E-state index contributed by atoms with van der Waals surface area (Å²) in [5.74, 6) is 0. The molecule has 0 amide bonds. The second-order valence-electron chi connectivity index (χ2n) is 2.74. The Kier molecular flexibility index (Phi) is 3.99. The summed E-state index contributed by atoms with van der Waals surface area (Å²) in [5.41, 5.74) is 0. The van der Waals surface area contributed by atoms with Gasteiger partial charge in [-0.2, -0.15) is 0 Å². The first-order chi connectivity index (χ1) is 5.29. The van der Waals surface area contributed by atoms with Crippen LogP contribution in [0.2, 0.25) is 0 Å². The first-order valence-electron chi connectivity index (χ1n) is 3.87. The smallest absolute Gasteiger partial charge is 0.231 e. The Morgan fingerprint density at radius 2 is 2.27 bits per heavy atom. The van der Waals surface area contributed by atoms with Crippen LogP contribution in [-0.4, -0.2) is 27.9 Å². The summed E-state index contributed by atoms with van der Waals surface area (Å²) in [6.45, 7) is 1.96. The minimum atomic E-state index is -1.85. The van der Waals surface area contributed by atoms with Crippen LogP contribution in [0.25, 0.3) is 0 Å². The molecule has 1 aliphatic heterocycles. The predicted molar refractivity (Wildman–Crippen MR) is 44.4 cm³/mol. The summed E-state index contributed by atoms with van der Waals surface area (Å²) < 4.78 is 21.5. The van der Waals surface area contributed by atoms with Crippen LogP contribution in [0.4, 0.5) is 0 Å². The predicted octanol–water partition coefficient (Wildman–Crippen LogP) is -0.145. The Labute approximate surface area is 69.2 Å². The molecule has 1 rings (SSSR count). The maximum atomic E-state index is 10.4. The lowest BCUT2D eigenvalue weighted by Crippen LogP contribution is -2.31. The van der Waals surface area contributed by atoms with E-state index in [4.69, 9.17) is 4.55 Å². The first-order valence-corrected chi connectivity index (χ1v) is 4.97. The van der Waals surface area contributed by atoms with E-state index in [2.05, 4.69) is 10.0 Å². The van der Waals surface area contributed by atoms with Gasteiger partial charge in [-0.3, -0.25) is 4.55 Å². The fraction of sp³-hybridized carbons (Fsp3) is 1.00. The second kappa shape index (κ2) is 4.82. The van der Waals surface area contributed by atoms with Crippen molar-refractivity contribution in [3.63, 3.8) is 0 Å². The van der Waals surface area contributed by atoms with Gasteiger partial charge in [0.2, 0.25) is 11.3 Å². The van der Waals surface area contributed by atoms with E-state index < -0.39 is 11.3 Å². The van der Waals surface area contributed by atoms with Crippen LogP contribution < -0.4 is 10.0 Å². The van der Waals surface area contributed by atoms with Crippen molar-refractivity contribution in [3.05, 3.63) is 0 Å². The summed E-state index contributed by atoms with van der Waals surface area (Å²) >= 11 is -1.85. The Bertz CT molecular complexity index is 135. The lowest BCUT2D eigenvalue weighted by Gasteiger charge is -2.11. The molecule has 0 aliphatic carbocycles. The molecule has 1 aliphatic rings. The number of hydrogen-bond acceptors (Lipinski definition) is 2. The molecule has 11 heavy (non-hydrogen) atoms. The first kappa shape index (κ1) is 9.12. The van der Waals surface area contributed by atoms with Gasteiger partial charge in [0.15, 0.2) is 0 Å². The van der Waals surface area contributed by atoms with Gasteiger partial charge in [-0.1, -0.05) is 0 Å². The van der Waals surface area contributed by atoms with Crippen molar-refractivity contribution < 1.29 is 8.76 Å². The third kappa shape index (κ3) is 3.81. The Morgan fingerprint density at radius 3 is 3.00 bits per heavy atom. The van der Waals surface area contributed by atoms with Crippen LogP contribution in [0.15, 0.2) is 0 Å². The molecule has 1 saturated heterocycles. The van der Waals surface area contributed by atoms with E-state index in [1.54, 1.807) is 0 Å². The van der Waals surface area contributed by atoms with E-state index >= 15 is 0 Å². The SMILES string of the molecule is O=S(O)NC1CCCNCC1. The zero-order valence-corrected chi connectivity index (χ0v) is 7.19. The monoisotopic (exact) mass is 178 g/mol. The molecule has 0 radical (unpaired) electrons. The molecular formula is C6H14N2O2S. The van der Waals surface area contributed by atoms with Crippen molar-refractivity contribution in [1.82, 2.24) is 10.0 Å². The fourth-order valence-corrected chi connectivity index (χ4v) is 1.80. The van der Waals surface area contributed by atoms with Gasteiger partial charge >= 0.3 is 0 Å². The van der Waals surface area contributed by atoms with Crippen molar-refractivity contribution in [2.45, 2.75) is 25.3 Å².